The topological polar surface area (TPSA) is 149 Å². The molecule has 1 aliphatic rings. The van der Waals surface area contributed by atoms with E-state index in [4.69, 9.17) is 9.47 Å². The molecule has 1 aliphatic heterocycles. The first-order valence-electron chi connectivity index (χ1n) is 25.1. The molecule has 0 aromatic rings. The fraction of sp³-hybridized carbons (Fsp3) is 0.755. The number of carbonyl (C=O) groups excluding carboxylic acids is 1. The summed E-state index contributed by atoms with van der Waals surface area (Å²) in [6.45, 7) is 3.68. The van der Waals surface area contributed by atoms with Gasteiger partial charge in [0.15, 0.2) is 6.29 Å². The molecule has 0 aromatic heterocycles. The highest BCUT2D eigenvalue weighted by Crippen LogP contribution is 2.23. The van der Waals surface area contributed by atoms with E-state index in [2.05, 4.69) is 79.9 Å². The highest BCUT2D eigenvalue weighted by molar-refractivity contribution is 5.76. The van der Waals surface area contributed by atoms with Crippen molar-refractivity contribution < 1.29 is 39.8 Å². The van der Waals surface area contributed by atoms with Crippen LogP contribution in [0.15, 0.2) is 72.9 Å². The molecule has 0 aromatic carbocycles. The zero-order valence-corrected chi connectivity index (χ0v) is 39.4. The lowest BCUT2D eigenvalue weighted by Gasteiger charge is -2.40. The second kappa shape index (κ2) is 42.6. The predicted octanol–water partition coefficient (Wildman–Crippen LogP) is 11.3. The van der Waals surface area contributed by atoms with Crippen LogP contribution in [-0.4, -0.2) is 87.5 Å². The summed E-state index contributed by atoms with van der Waals surface area (Å²) >= 11 is 0. The van der Waals surface area contributed by atoms with Crippen molar-refractivity contribution in [3.05, 3.63) is 72.9 Å². The molecule has 0 radical (unpaired) electrons. The SMILES string of the molecule is CC/C=C\C/C=C\C/C=C\C/C=C\C/C=C\C/C=C\CCC(=O)NC(COC1OC(CO)C(O)C(O)C1O)C(O)CCCCCCCCCCCCCCCCCCCCCC. The van der Waals surface area contributed by atoms with E-state index >= 15 is 0 Å². The average molecular weight is 872 g/mol. The maximum absolute atomic E-state index is 13.0. The first-order valence-corrected chi connectivity index (χ1v) is 25.1. The van der Waals surface area contributed by atoms with Crippen molar-refractivity contribution in [1.82, 2.24) is 5.32 Å². The maximum atomic E-state index is 13.0. The largest absolute Gasteiger partial charge is 0.394 e. The number of rotatable bonds is 41. The van der Waals surface area contributed by atoms with Crippen LogP contribution in [0.25, 0.3) is 0 Å². The molecule has 0 aliphatic carbocycles. The number of aliphatic hydroxyl groups excluding tert-OH is 5. The van der Waals surface area contributed by atoms with Gasteiger partial charge in [-0.15, -0.1) is 0 Å². The number of unbranched alkanes of at least 4 members (excludes halogenated alkanes) is 19. The molecule has 1 saturated heterocycles. The standard InChI is InChI=1S/C53H93NO8/c1-3-5-7-9-11-13-15-17-19-21-23-25-26-28-30-32-34-36-38-40-42-47(56)46(45-61-53-52(60)51(59)50(58)48(44-55)62-53)54-49(57)43-41-39-37-35-33-31-29-27-24-22-20-18-16-14-12-10-8-6-4-2/h6,8,12,14,18,20,24,27,31,33,37,39,46-48,50-53,55-56,58-60H,3-5,7,9-11,13,15-17,19,21-23,25-26,28-30,32,34-36,38,40-45H2,1-2H3,(H,54,57)/b8-6-,14-12-,20-18-,27-24-,33-31-,39-37-. The lowest BCUT2D eigenvalue weighted by Crippen LogP contribution is -2.60. The second-order valence-corrected chi connectivity index (χ2v) is 17.2. The summed E-state index contributed by atoms with van der Waals surface area (Å²) in [6, 6.07) is -0.763. The van der Waals surface area contributed by atoms with Crippen molar-refractivity contribution in [1.29, 1.82) is 0 Å². The second-order valence-electron chi connectivity index (χ2n) is 17.2. The summed E-state index contributed by atoms with van der Waals surface area (Å²) in [5, 5.41) is 54.4. The summed E-state index contributed by atoms with van der Waals surface area (Å²) in [4.78, 5) is 13.0. The van der Waals surface area contributed by atoms with Crippen molar-refractivity contribution in [3.8, 4) is 0 Å². The van der Waals surface area contributed by atoms with Crippen molar-refractivity contribution in [2.75, 3.05) is 13.2 Å². The molecule has 0 saturated carbocycles. The van der Waals surface area contributed by atoms with Crippen LogP contribution in [0.4, 0.5) is 0 Å². The molecule has 7 unspecified atom stereocenters. The minimum absolute atomic E-state index is 0.172. The number of nitrogens with one attached hydrogen (secondary N) is 1. The molecule has 1 heterocycles. The molecule has 1 rings (SSSR count). The molecule has 358 valence electrons. The normalized spacial score (nSPS) is 20.9. The molecular weight excluding hydrogens is 779 g/mol. The van der Waals surface area contributed by atoms with Crippen LogP contribution in [0, 0.1) is 0 Å². The minimum Gasteiger partial charge on any atom is -0.394 e. The van der Waals surface area contributed by atoms with Crippen molar-refractivity contribution >= 4 is 5.91 Å². The van der Waals surface area contributed by atoms with Crippen LogP contribution >= 0.6 is 0 Å². The third kappa shape index (κ3) is 32.3. The smallest absolute Gasteiger partial charge is 0.220 e. The molecule has 1 fully saturated rings. The Morgan fingerprint density at radius 3 is 1.39 bits per heavy atom. The number of aliphatic hydroxyl groups is 5. The van der Waals surface area contributed by atoms with Gasteiger partial charge in [0.1, 0.15) is 24.4 Å². The maximum Gasteiger partial charge on any atom is 0.220 e. The lowest BCUT2D eigenvalue weighted by molar-refractivity contribution is -0.302. The number of hydrogen-bond donors (Lipinski definition) is 6. The monoisotopic (exact) mass is 872 g/mol. The van der Waals surface area contributed by atoms with Crippen LogP contribution in [-0.2, 0) is 14.3 Å². The van der Waals surface area contributed by atoms with Gasteiger partial charge < -0.3 is 40.3 Å². The van der Waals surface area contributed by atoms with Gasteiger partial charge >= 0.3 is 0 Å². The van der Waals surface area contributed by atoms with E-state index in [9.17, 15) is 30.3 Å². The van der Waals surface area contributed by atoms with Gasteiger partial charge in [-0.3, -0.25) is 4.79 Å². The first kappa shape index (κ1) is 57.6. The molecule has 9 heteroatoms. The summed E-state index contributed by atoms with van der Waals surface area (Å²) in [5.41, 5.74) is 0. The summed E-state index contributed by atoms with van der Waals surface area (Å²) in [6.07, 6.45) is 50.7. The molecule has 7 atom stereocenters. The van der Waals surface area contributed by atoms with Gasteiger partial charge in [0.25, 0.3) is 0 Å². The number of amides is 1. The van der Waals surface area contributed by atoms with Crippen molar-refractivity contribution in [2.24, 2.45) is 0 Å². The fourth-order valence-electron chi connectivity index (χ4n) is 7.60. The zero-order chi connectivity index (χ0) is 45.1. The summed E-state index contributed by atoms with van der Waals surface area (Å²) in [7, 11) is 0. The zero-order valence-electron chi connectivity index (χ0n) is 39.4. The molecule has 0 bridgehead atoms. The van der Waals surface area contributed by atoms with E-state index in [1.807, 2.05) is 12.2 Å². The van der Waals surface area contributed by atoms with Gasteiger partial charge in [0.05, 0.1) is 25.4 Å². The molecule has 0 spiro atoms. The summed E-state index contributed by atoms with van der Waals surface area (Å²) in [5.74, 6) is -0.227. The Morgan fingerprint density at radius 2 is 0.968 bits per heavy atom. The van der Waals surface area contributed by atoms with Gasteiger partial charge in [-0.25, -0.2) is 0 Å². The Labute approximate surface area is 378 Å². The Balaban J connectivity index is 2.35. The Bertz CT molecular complexity index is 1200. The molecule has 62 heavy (non-hydrogen) atoms. The van der Waals surface area contributed by atoms with Gasteiger partial charge in [-0.1, -0.05) is 215 Å². The third-order valence-electron chi connectivity index (χ3n) is 11.6. The first-order chi connectivity index (χ1) is 30.3. The molecule has 9 nitrogen and oxygen atoms in total. The van der Waals surface area contributed by atoms with E-state index < -0.39 is 49.5 Å². The Hall–Kier alpha value is -2.37. The van der Waals surface area contributed by atoms with Crippen LogP contribution in [0.3, 0.4) is 0 Å². The lowest BCUT2D eigenvalue weighted by atomic mass is 9.99. The van der Waals surface area contributed by atoms with Gasteiger partial charge in [-0.05, 0) is 51.4 Å². The van der Waals surface area contributed by atoms with E-state index in [0.29, 0.717) is 12.8 Å². The Morgan fingerprint density at radius 1 is 0.565 bits per heavy atom. The van der Waals surface area contributed by atoms with Gasteiger partial charge in [-0.2, -0.15) is 0 Å². The Kier molecular flexibility index (Phi) is 39.6. The van der Waals surface area contributed by atoms with Crippen LogP contribution < -0.4 is 5.32 Å². The number of carbonyl (C=O) groups is 1. The van der Waals surface area contributed by atoms with Gasteiger partial charge in [0, 0.05) is 6.42 Å². The fourth-order valence-corrected chi connectivity index (χ4v) is 7.60. The van der Waals surface area contributed by atoms with Crippen molar-refractivity contribution in [2.45, 2.75) is 243 Å². The highest BCUT2D eigenvalue weighted by Gasteiger charge is 2.44. The van der Waals surface area contributed by atoms with E-state index in [0.717, 1.165) is 57.8 Å². The predicted molar refractivity (Wildman–Crippen MR) is 258 cm³/mol. The van der Waals surface area contributed by atoms with Crippen molar-refractivity contribution in [3.63, 3.8) is 0 Å². The quantitative estimate of drug-likeness (QED) is 0.0263. The van der Waals surface area contributed by atoms with Crippen LogP contribution in [0.1, 0.15) is 200 Å². The van der Waals surface area contributed by atoms with Crippen LogP contribution in [0.2, 0.25) is 0 Å². The summed E-state index contributed by atoms with van der Waals surface area (Å²) < 4.78 is 11.3. The van der Waals surface area contributed by atoms with E-state index in [-0.39, 0.29) is 18.9 Å². The highest BCUT2D eigenvalue weighted by atomic mass is 16.7. The molecule has 1 amide bonds. The van der Waals surface area contributed by atoms with Gasteiger partial charge in [0.2, 0.25) is 5.91 Å². The van der Waals surface area contributed by atoms with Crippen LogP contribution in [0.5, 0.6) is 0 Å². The number of ether oxygens (including phenoxy) is 2. The minimum atomic E-state index is -1.57. The average Bonchev–Trinajstić information content (AvgIpc) is 3.27. The molecular formula is C53H93NO8. The number of allylic oxidation sites excluding steroid dienone is 12. The molecule has 6 N–H and O–H groups in total. The van der Waals surface area contributed by atoms with E-state index in [1.165, 1.54) is 109 Å². The third-order valence-corrected chi connectivity index (χ3v) is 11.6. The number of hydrogen-bond acceptors (Lipinski definition) is 8. The van der Waals surface area contributed by atoms with E-state index in [1.54, 1.807) is 0 Å².